The Hall–Kier alpha value is -2.50. The zero-order chi connectivity index (χ0) is 16.9. The molecule has 0 saturated heterocycles. The molecule has 0 spiro atoms. The number of hydrogen-bond acceptors (Lipinski definition) is 3. The van der Waals surface area contributed by atoms with Gasteiger partial charge in [0.2, 0.25) is 0 Å². The van der Waals surface area contributed by atoms with E-state index in [9.17, 15) is 14.3 Å². The third-order valence-corrected chi connectivity index (χ3v) is 4.71. The predicted molar refractivity (Wildman–Crippen MR) is 92.4 cm³/mol. The predicted octanol–water partition coefficient (Wildman–Crippen LogP) is 3.90. The van der Waals surface area contributed by atoms with Crippen LogP contribution in [0.15, 0.2) is 66.7 Å². The van der Waals surface area contributed by atoms with E-state index in [0.717, 1.165) is 15.3 Å². The number of aliphatic hydroxyl groups excluding tert-OH is 1. The minimum atomic E-state index is -0.677. The Kier molecular flexibility index (Phi) is 5.03. The standard InChI is InChI=1S/C19H16FNO2S/c20-15-8-4-7-14(11-15)19(23)21-12-16-9-10-17(24-16)18(22)13-5-2-1-3-6-13/h1-11,18,22H,12H2,(H,21,23). The molecule has 2 N–H and O–H groups in total. The molecule has 0 bridgehead atoms. The molecule has 0 radical (unpaired) electrons. The molecule has 1 amide bonds. The van der Waals surface area contributed by atoms with Gasteiger partial charge in [-0.05, 0) is 35.9 Å². The van der Waals surface area contributed by atoms with Crippen LogP contribution in [-0.2, 0) is 6.54 Å². The summed E-state index contributed by atoms with van der Waals surface area (Å²) in [4.78, 5) is 13.7. The normalized spacial score (nSPS) is 11.9. The number of aliphatic hydroxyl groups is 1. The Morgan fingerprint density at radius 2 is 1.88 bits per heavy atom. The number of carbonyl (C=O) groups is 1. The fraction of sp³-hybridized carbons (Fsp3) is 0.105. The topological polar surface area (TPSA) is 49.3 Å². The molecule has 3 aromatic rings. The minimum absolute atomic E-state index is 0.288. The second kappa shape index (κ2) is 7.38. The van der Waals surface area contributed by atoms with Gasteiger partial charge in [0.05, 0.1) is 6.54 Å². The van der Waals surface area contributed by atoms with Crippen molar-refractivity contribution in [3.8, 4) is 0 Å². The average molecular weight is 341 g/mol. The van der Waals surface area contributed by atoms with Crippen LogP contribution in [-0.4, -0.2) is 11.0 Å². The van der Waals surface area contributed by atoms with Crippen molar-refractivity contribution in [3.05, 3.63) is 93.4 Å². The number of hydrogen-bond donors (Lipinski definition) is 2. The highest BCUT2D eigenvalue weighted by Gasteiger charge is 2.13. The van der Waals surface area contributed by atoms with Crippen molar-refractivity contribution in [3.63, 3.8) is 0 Å². The van der Waals surface area contributed by atoms with Gasteiger partial charge in [-0.1, -0.05) is 36.4 Å². The van der Waals surface area contributed by atoms with Crippen LogP contribution >= 0.6 is 11.3 Å². The summed E-state index contributed by atoms with van der Waals surface area (Å²) in [7, 11) is 0. The van der Waals surface area contributed by atoms with E-state index in [-0.39, 0.29) is 11.5 Å². The van der Waals surface area contributed by atoms with E-state index in [2.05, 4.69) is 5.32 Å². The summed E-state index contributed by atoms with van der Waals surface area (Å²) in [6, 6.07) is 18.7. The van der Waals surface area contributed by atoms with Gasteiger partial charge in [-0.25, -0.2) is 4.39 Å². The Morgan fingerprint density at radius 3 is 2.62 bits per heavy atom. The summed E-state index contributed by atoms with van der Waals surface area (Å²) in [5.74, 6) is -0.764. The van der Waals surface area contributed by atoms with Crippen molar-refractivity contribution in [2.75, 3.05) is 0 Å². The molecular formula is C19H16FNO2S. The minimum Gasteiger partial charge on any atom is -0.383 e. The first kappa shape index (κ1) is 16.4. The van der Waals surface area contributed by atoms with Crippen LogP contribution < -0.4 is 5.32 Å². The van der Waals surface area contributed by atoms with Crippen molar-refractivity contribution >= 4 is 17.2 Å². The second-order valence-corrected chi connectivity index (χ2v) is 6.51. The first-order chi connectivity index (χ1) is 11.6. The lowest BCUT2D eigenvalue weighted by molar-refractivity contribution is 0.0951. The van der Waals surface area contributed by atoms with E-state index >= 15 is 0 Å². The third-order valence-electron chi connectivity index (χ3n) is 3.58. The molecule has 24 heavy (non-hydrogen) atoms. The van der Waals surface area contributed by atoms with Crippen molar-refractivity contribution in [1.29, 1.82) is 0 Å². The number of rotatable bonds is 5. The number of carbonyl (C=O) groups excluding carboxylic acids is 1. The quantitative estimate of drug-likeness (QED) is 0.739. The summed E-state index contributed by atoms with van der Waals surface area (Å²) >= 11 is 1.44. The number of nitrogens with one attached hydrogen (secondary N) is 1. The molecular weight excluding hydrogens is 325 g/mol. The lowest BCUT2D eigenvalue weighted by Crippen LogP contribution is -2.22. The van der Waals surface area contributed by atoms with E-state index in [1.165, 1.54) is 29.5 Å². The fourth-order valence-electron chi connectivity index (χ4n) is 2.34. The van der Waals surface area contributed by atoms with Gasteiger partial charge in [0, 0.05) is 15.3 Å². The smallest absolute Gasteiger partial charge is 0.251 e. The maximum Gasteiger partial charge on any atom is 0.251 e. The summed E-state index contributed by atoms with van der Waals surface area (Å²) in [6.45, 7) is 0.335. The number of halogens is 1. The molecule has 122 valence electrons. The zero-order valence-electron chi connectivity index (χ0n) is 12.8. The average Bonchev–Trinajstić information content (AvgIpc) is 3.09. The van der Waals surface area contributed by atoms with Crippen molar-refractivity contribution in [2.45, 2.75) is 12.6 Å². The molecule has 0 saturated carbocycles. The highest BCUT2D eigenvalue weighted by molar-refractivity contribution is 7.12. The molecule has 1 aromatic heterocycles. The summed E-state index contributed by atoms with van der Waals surface area (Å²) in [5, 5.41) is 13.1. The van der Waals surface area contributed by atoms with Gasteiger partial charge >= 0.3 is 0 Å². The fourth-order valence-corrected chi connectivity index (χ4v) is 3.30. The van der Waals surface area contributed by atoms with E-state index in [1.807, 2.05) is 42.5 Å². The summed E-state index contributed by atoms with van der Waals surface area (Å²) in [6.07, 6.45) is -0.677. The van der Waals surface area contributed by atoms with Crippen LogP contribution in [0.1, 0.15) is 31.8 Å². The Labute approximate surface area is 143 Å². The largest absolute Gasteiger partial charge is 0.383 e. The van der Waals surface area contributed by atoms with Gasteiger partial charge in [-0.15, -0.1) is 11.3 Å². The molecule has 3 rings (SSSR count). The maximum absolute atomic E-state index is 13.1. The zero-order valence-corrected chi connectivity index (χ0v) is 13.6. The maximum atomic E-state index is 13.1. The number of amides is 1. The molecule has 1 unspecified atom stereocenters. The van der Waals surface area contributed by atoms with Crippen LogP contribution in [0.4, 0.5) is 4.39 Å². The summed E-state index contributed by atoms with van der Waals surface area (Å²) < 4.78 is 13.1. The van der Waals surface area contributed by atoms with E-state index in [1.54, 1.807) is 6.07 Å². The van der Waals surface area contributed by atoms with E-state index in [4.69, 9.17) is 0 Å². The van der Waals surface area contributed by atoms with Gasteiger partial charge in [0.25, 0.3) is 5.91 Å². The second-order valence-electron chi connectivity index (χ2n) is 5.31. The van der Waals surface area contributed by atoms with Crippen LogP contribution in [0.25, 0.3) is 0 Å². The summed E-state index contributed by atoms with van der Waals surface area (Å²) in [5.41, 5.74) is 1.12. The van der Waals surface area contributed by atoms with Crippen molar-refractivity contribution in [1.82, 2.24) is 5.32 Å². The lowest BCUT2D eigenvalue weighted by Gasteiger charge is -2.08. The van der Waals surface area contributed by atoms with E-state index in [0.29, 0.717) is 6.54 Å². The van der Waals surface area contributed by atoms with Gasteiger partial charge in [0.1, 0.15) is 11.9 Å². The molecule has 2 aromatic carbocycles. The van der Waals surface area contributed by atoms with Gasteiger partial charge in [-0.3, -0.25) is 4.79 Å². The van der Waals surface area contributed by atoms with E-state index < -0.39 is 11.9 Å². The van der Waals surface area contributed by atoms with Crippen molar-refractivity contribution in [2.24, 2.45) is 0 Å². The van der Waals surface area contributed by atoms with Crippen molar-refractivity contribution < 1.29 is 14.3 Å². The van der Waals surface area contributed by atoms with Crippen LogP contribution in [0, 0.1) is 5.82 Å². The van der Waals surface area contributed by atoms with Crippen LogP contribution in [0.3, 0.4) is 0 Å². The number of thiophene rings is 1. The van der Waals surface area contributed by atoms with Gasteiger partial charge < -0.3 is 10.4 Å². The van der Waals surface area contributed by atoms with Crippen LogP contribution in [0.5, 0.6) is 0 Å². The Balaban J connectivity index is 1.63. The number of benzene rings is 2. The highest BCUT2D eigenvalue weighted by Crippen LogP contribution is 2.28. The molecule has 0 fully saturated rings. The Bertz CT molecular complexity index is 832. The highest BCUT2D eigenvalue weighted by atomic mass is 32.1. The first-order valence-corrected chi connectivity index (χ1v) is 8.30. The first-order valence-electron chi connectivity index (χ1n) is 7.49. The van der Waals surface area contributed by atoms with Crippen LogP contribution in [0.2, 0.25) is 0 Å². The SMILES string of the molecule is O=C(NCc1ccc(C(O)c2ccccc2)s1)c1cccc(F)c1. The molecule has 1 atom stereocenters. The molecule has 0 aliphatic heterocycles. The molecule has 3 nitrogen and oxygen atoms in total. The molecule has 1 heterocycles. The third kappa shape index (κ3) is 3.88. The molecule has 0 aliphatic carbocycles. The molecule has 5 heteroatoms. The van der Waals surface area contributed by atoms with Gasteiger partial charge in [0.15, 0.2) is 0 Å². The molecule has 0 aliphatic rings. The van der Waals surface area contributed by atoms with Gasteiger partial charge in [-0.2, -0.15) is 0 Å². The lowest BCUT2D eigenvalue weighted by atomic mass is 10.1. The Morgan fingerprint density at radius 1 is 1.08 bits per heavy atom. The monoisotopic (exact) mass is 341 g/mol.